The number of aromatic nitrogens is 1. The summed E-state index contributed by atoms with van der Waals surface area (Å²) >= 11 is 0. The summed E-state index contributed by atoms with van der Waals surface area (Å²) in [4.78, 5) is 45.8. The Kier molecular flexibility index (Phi) is 7.14. The molecule has 1 aromatic heterocycles. The molecule has 1 N–H and O–H groups in total. The van der Waals surface area contributed by atoms with Crippen LogP contribution in [0.3, 0.4) is 0 Å². The second kappa shape index (κ2) is 10.2. The molecule has 2 saturated carbocycles. The number of nitrogens with zero attached hydrogens (tertiary/aromatic N) is 2. The van der Waals surface area contributed by atoms with Gasteiger partial charge in [0.15, 0.2) is 15.6 Å². The second-order valence-corrected chi connectivity index (χ2v) is 14.2. The Morgan fingerprint density at radius 2 is 1.93 bits per heavy atom. The zero-order chi connectivity index (χ0) is 28.9. The first kappa shape index (κ1) is 28.1. The predicted octanol–water partition coefficient (Wildman–Crippen LogP) is 3.20. The standard InChI is InChI=1S/C29H35N3O7S/c1-5-19-15-29(19,24(33)17-40(36,37)21-10-11-21)31-25(34)23-14-20(16-32(23)27(35)39-28(2,3)4)38-26-22-9-7-6-8-18(22)12-13-30-26/h5-9,12-13,19-21,23H,1,10-11,14-17H2,2-4H3,(H,31,34)/t19-,20-,23+,29-/m1/s1. The summed E-state index contributed by atoms with van der Waals surface area (Å²) in [7, 11) is -3.57. The van der Waals surface area contributed by atoms with Crippen molar-refractivity contribution in [3.05, 3.63) is 49.2 Å². The molecule has 3 aliphatic rings. The van der Waals surface area contributed by atoms with E-state index in [9.17, 15) is 22.8 Å². The van der Waals surface area contributed by atoms with Crippen LogP contribution >= 0.6 is 0 Å². The quantitative estimate of drug-likeness (QED) is 0.456. The average Bonchev–Trinajstić information content (AvgIpc) is 3.80. The molecule has 0 spiro atoms. The van der Waals surface area contributed by atoms with Gasteiger partial charge in [-0.2, -0.15) is 0 Å². The number of fused-ring (bicyclic) bond motifs is 1. The van der Waals surface area contributed by atoms with Gasteiger partial charge in [0.1, 0.15) is 29.0 Å². The predicted molar refractivity (Wildman–Crippen MR) is 148 cm³/mol. The van der Waals surface area contributed by atoms with Crippen molar-refractivity contribution < 1.29 is 32.3 Å². The Balaban J connectivity index is 1.37. The maximum absolute atomic E-state index is 13.7. The number of nitrogens with one attached hydrogen (secondary N) is 1. The summed E-state index contributed by atoms with van der Waals surface area (Å²) in [6.45, 7) is 9.02. The molecule has 1 aromatic carbocycles. The number of ether oxygens (including phenoxy) is 2. The number of Topliss-reactive ketones (excluding diaryl/α,β-unsaturated/α-hetero) is 1. The number of carbonyl (C=O) groups is 3. The van der Waals surface area contributed by atoms with Crippen LogP contribution in [0.25, 0.3) is 10.8 Å². The van der Waals surface area contributed by atoms with Crippen LogP contribution in [-0.4, -0.2) is 76.9 Å². The average molecular weight is 570 g/mol. The Bertz CT molecular complexity index is 1460. The van der Waals surface area contributed by atoms with E-state index in [0.717, 1.165) is 10.8 Å². The third-order valence-corrected chi connectivity index (χ3v) is 9.77. The van der Waals surface area contributed by atoms with Crippen molar-refractivity contribution in [2.45, 2.75) is 75.0 Å². The zero-order valence-electron chi connectivity index (χ0n) is 23.0. The van der Waals surface area contributed by atoms with Crippen LogP contribution in [-0.2, 0) is 24.2 Å². The molecule has 2 aliphatic carbocycles. The van der Waals surface area contributed by atoms with Gasteiger partial charge in [0.2, 0.25) is 11.8 Å². The van der Waals surface area contributed by atoms with Crippen molar-refractivity contribution in [3.8, 4) is 5.88 Å². The highest BCUT2D eigenvalue weighted by Gasteiger charge is 2.61. The van der Waals surface area contributed by atoms with Gasteiger partial charge in [0.05, 0.1) is 11.8 Å². The molecule has 4 atom stereocenters. The number of rotatable bonds is 9. The SMILES string of the molecule is C=C[C@@H]1C[C@]1(NC(=O)[C@@H]1C[C@@H](Oc2nccc3ccccc23)CN1C(=O)OC(C)(C)C)C(=O)CS(=O)(=O)C1CC1. The van der Waals surface area contributed by atoms with E-state index >= 15 is 0 Å². The van der Waals surface area contributed by atoms with Crippen molar-refractivity contribution in [2.24, 2.45) is 5.92 Å². The molecule has 0 unspecified atom stereocenters. The molecule has 2 aromatic rings. The molecular formula is C29H35N3O7S. The van der Waals surface area contributed by atoms with Gasteiger partial charge in [-0.05, 0) is 57.6 Å². The number of hydrogen-bond acceptors (Lipinski definition) is 8. The number of carbonyl (C=O) groups excluding carboxylic acids is 3. The number of sulfone groups is 1. The molecule has 1 saturated heterocycles. The lowest BCUT2D eigenvalue weighted by Crippen LogP contribution is -2.54. The number of ketones is 1. The molecule has 3 fully saturated rings. The van der Waals surface area contributed by atoms with Gasteiger partial charge in [-0.3, -0.25) is 14.5 Å². The van der Waals surface area contributed by atoms with Crippen molar-refractivity contribution in [2.75, 3.05) is 12.3 Å². The first-order valence-electron chi connectivity index (χ1n) is 13.5. The second-order valence-electron chi connectivity index (χ2n) is 11.9. The number of likely N-dealkylation sites (tertiary alicyclic amines) is 1. The Morgan fingerprint density at radius 3 is 2.58 bits per heavy atom. The third-order valence-electron chi connectivity index (χ3n) is 7.62. The van der Waals surface area contributed by atoms with E-state index in [1.54, 1.807) is 33.0 Å². The fourth-order valence-electron chi connectivity index (χ4n) is 5.26. The van der Waals surface area contributed by atoms with E-state index in [4.69, 9.17) is 9.47 Å². The van der Waals surface area contributed by atoms with Crippen molar-refractivity contribution in [1.82, 2.24) is 15.2 Å². The Labute approximate surface area is 234 Å². The monoisotopic (exact) mass is 569 g/mol. The zero-order valence-corrected chi connectivity index (χ0v) is 23.8. The summed E-state index contributed by atoms with van der Waals surface area (Å²) < 4.78 is 36.9. The first-order chi connectivity index (χ1) is 18.8. The first-order valence-corrected chi connectivity index (χ1v) is 15.2. The molecule has 0 bridgehead atoms. The molecule has 11 heteroatoms. The lowest BCUT2D eigenvalue weighted by atomic mass is 10.1. The Morgan fingerprint density at radius 1 is 1.20 bits per heavy atom. The molecule has 2 amide bonds. The number of benzene rings is 1. The van der Waals surface area contributed by atoms with E-state index in [2.05, 4.69) is 16.9 Å². The van der Waals surface area contributed by atoms with Crippen molar-refractivity contribution in [3.63, 3.8) is 0 Å². The molecule has 1 aliphatic heterocycles. The van der Waals surface area contributed by atoms with Crippen LogP contribution in [0.4, 0.5) is 4.79 Å². The van der Waals surface area contributed by atoms with Crippen LogP contribution in [0.2, 0.25) is 0 Å². The van der Waals surface area contributed by atoms with Crippen molar-refractivity contribution in [1.29, 1.82) is 0 Å². The smallest absolute Gasteiger partial charge is 0.411 e. The third kappa shape index (κ3) is 5.70. The van der Waals surface area contributed by atoms with E-state index in [1.165, 1.54) is 4.90 Å². The molecule has 40 heavy (non-hydrogen) atoms. The highest BCUT2D eigenvalue weighted by atomic mass is 32.2. The van der Waals surface area contributed by atoms with Crippen LogP contribution in [0.1, 0.15) is 46.5 Å². The van der Waals surface area contributed by atoms with Gasteiger partial charge in [-0.1, -0.05) is 24.3 Å². The summed E-state index contributed by atoms with van der Waals surface area (Å²) in [5, 5.41) is 4.07. The fourth-order valence-corrected chi connectivity index (χ4v) is 6.98. The fraction of sp³-hybridized carbons (Fsp3) is 0.517. The topological polar surface area (TPSA) is 132 Å². The normalized spacial score (nSPS) is 26.3. The van der Waals surface area contributed by atoms with E-state index < -0.39 is 61.9 Å². The summed E-state index contributed by atoms with van der Waals surface area (Å²) in [6, 6.07) is 8.48. The highest BCUT2D eigenvalue weighted by Crippen LogP contribution is 2.46. The van der Waals surface area contributed by atoms with E-state index in [-0.39, 0.29) is 25.3 Å². The van der Waals surface area contributed by atoms with Crippen LogP contribution < -0.4 is 10.1 Å². The van der Waals surface area contributed by atoms with Gasteiger partial charge in [0, 0.05) is 23.9 Å². The van der Waals surface area contributed by atoms with Gasteiger partial charge >= 0.3 is 6.09 Å². The minimum atomic E-state index is -3.57. The molecule has 5 rings (SSSR count). The van der Waals surface area contributed by atoms with Gasteiger partial charge < -0.3 is 14.8 Å². The van der Waals surface area contributed by atoms with Crippen molar-refractivity contribution >= 4 is 38.4 Å². The van der Waals surface area contributed by atoms with Crippen LogP contribution in [0, 0.1) is 5.92 Å². The maximum atomic E-state index is 13.7. The highest BCUT2D eigenvalue weighted by molar-refractivity contribution is 7.93. The lowest BCUT2D eigenvalue weighted by molar-refractivity contribution is -0.130. The summed E-state index contributed by atoms with van der Waals surface area (Å²) in [5.41, 5.74) is -2.15. The lowest BCUT2D eigenvalue weighted by Gasteiger charge is -2.29. The van der Waals surface area contributed by atoms with Crippen LogP contribution in [0.15, 0.2) is 49.2 Å². The summed E-state index contributed by atoms with van der Waals surface area (Å²) in [5.74, 6) is -1.74. The number of amides is 2. The van der Waals surface area contributed by atoms with Gasteiger partial charge in [-0.15, -0.1) is 6.58 Å². The maximum Gasteiger partial charge on any atom is 0.411 e. The number of pyridine rings is 1. The van der Waals surface area contributed by atoms with E-state index in [1.807, 2.05) is 30.3 Å². The minimum Gasteiger partial charge on any atom is -0.472 e. The largest absolute Gasteiger partial charge is 0.472 e. The van der Waals surface area contributed by atoms with Gasteiger partial charge in [-0.25, -0.2) is 18.2 Å². The summed E-state index contributed by atoms with van der Waals surface area (Å²) in [6.07, 6.45) is 3.45. The molecule has 214 valence electrons. The molecule has 10 nitrogen and oxygen atoms in total. The molecule has 0 radical (unpaired) electrons. The van der Waals surface area contributed by atoms with Crippen LogP contribution in [0.5, 0.6) is 5.88 Å². The number of hydrogen-bond donors (Lipinski definition) is 1. The minimum absolute atomic E-state index is 0.0692. The Hall–Kier alpha value is -3.47. The molecule has 2 heterocycles. The van der Waals surface area contributed by atoms with Gasteiger partial charge in [0.25, 0.3) is 0 Å². The molecular weight excluding hydrogens is 534 g/mol. The van der Waals surface area contributed by atoms with E-state index in [0.29, 0.717) is 18.7 Å².